The maximum absolute atomic E-state index is 12.5. The van der Waals surface area contributed by atoms with E-state index in [0.717, 1.165) is 12.0 Å². The second-order valence-electron chi connectivity index (χ2n) is 7.16. The van der Waals surface area contributed by atoms with Crippen LogP contribution in [0.5, 0.6) is 0 Å². The zero-order valence-corrected chi connectivity index (χ0v) is 17.5. The quantitative estimate of drug-likeness (QED) is 0.581. The highest BCUT2D eigenvalue weighted by Crippen LogP contribution is 2.47. The largest absolute Gasteiger partial charge is 0.326 e. The molecule has 1 aliphatic carbocycles. The van der Waals surface area contributed by atoms with Crippen molar-refractivity contribution in [3.05, 3.63) is 89.2 Å². The number of nitrogens with zero attached hydrogens (tertiary/aromatic N) is 1. The summed E-state index contributed by atoms with van der Waals surface area (Å²) in [7, 11) is -3.70. The van der Waals surface area contributed by atoms with Gasteiger partial charge in [0.25, 0.3) is 0 Å². The number of sulfonamides is 1. The van der Waals surface area contributed by atoms with Gasteiger partial charge in [0.05, 0.1) is 4.90 Å². The van der Waals surface area contributed by atoms with E-state index in [1.54, 1.807) is 48.8 Å². The molecule has 1 fully saturated rings. The first-order valence-electron chi connectivity index (χ1n) is 9.48. The van der Waals surface area contributed by atoms with Gasteiger partial charge in [-0.3, -0.25) is 9.78 Å². The second-order valence-corrected chi connectivity index (χ2v) is 9.33. The highest BCUT2D eigenvalue weighted by Gasteiger charge is 2.43. The Morgan fingerprint density at radius 2 is 1.73 bits per heavy atom. The molecule has 1 saturated carbocycles. The van der Waals surface area contributed by atoms with Crippen molar-refractivity contribution in [2.45, 2.75) is 23.8 Å². The van der Waals surface area contributed by atoms with E-state index in [0.29, 0.717) is 16.3 Å². The van der Waals surface area contributed by atoms with E-state index < -0.39 is 10.0 Å². The first-order valence-corrected chi connectivity index (χ1v) is 11.3. The van der Waals surface area contributed by atoms with Crippen molar-refractivity contribution >= 4 is 33.2 Å². The molecule has 2 N–H and O–H groups in total. The molecule has 154 valence electrons. The Morgan fingerprint density at radius 1 is 1.03 bits per heavy atom. The number of amides is 1. The molecule has 2 aromatic carbocycles. The number of hydrogen-bond acceptors (Lipinski definition) is 4. The smallest absolute Gasteiger partial charge is 0.240 e. The Bertz CT molecular complexity index is 1150. The van der Waals surface area contributed by atoms with Crippen LogP contribution in [0.2, 0.25) is 5.02 Å². The summed E-state index contributed by atoms with van der Waals surface area (Å²) < 4.78 is 27.6. The van der Waals surface area contributed by atoms with E-state index in [-0.39, 0.29) is 29.2 Å². The monoisotopic (exact) mass is 441 g/mol. The van der Waals surface area contributed by atoms with Gasteiger partial charge in [-0.15, -0.1) is 0 Å². The van der Waals surface area contributed by atoms with E-state index in [1.165, 1.54) is 12.1 Å². The minimum absolute atomic E-state index is 0.0655. The third kappa shape index (κ3) is 4.70. The summed E-state index contributed by atoms with van der Waals surface area (Å²) in [6.45, 7) is 0.0958. The maximum atomic E-state index is 12.5. The van der Waals surface area contributed by atoms with Crippen LogP contribution in [0.1, 0.15) is 23.5 Å². The molecule has 0 aliphatic heterocycles. The number of anilines is 1. The zero-order chi connectivity index (χ0) is 21.1. The number of rotatable bonds is 7. The fourth-order valence-corrected chi connectivity index (χ4v) is 4.52. The van der Waals surface area contributed by atoms with Gasteiger partial charge in [-0.2, -0.15) is 0 Å². The highest BCUT2D eigenvalue weighted by molar-refractivity contribution is 7.89. The van der Waals surface area contributed by atoms with Gasteiger partial charge < -0.3 is 5.32 Å². The number of halogens is 1. The van der Waals surface area contributed by atoms with Crippen molar-refractivity contribution in [2.75, 3.05) is 5.32 Å². The van der Waals surface area contributed by atoms with Crippen LogP contribution in [0.15, 0.2) is 78.0 Å². The van der Waals surface area contributed by atoms with Crippen LogP contribution in [0.3, 0.4) is 0 Å². The minimum Gasteiger partial charge on any atom is -0.326 e. The number of benzene rings is 2. The van der Waals surface area contributed by atoms with Gasteiger partial charge in [0.2, 0.25) is 15.9 Å². The normalized spacial score (nSPS) is 18.0. The van der Waals surface area contributed by atoms with Crippen molar-refractivity contribution in [1.29, 1.82) is 0 Å². The summed E-state index contributed by atoms with van der Waals surface area (Å²) in [5, 5.41) is 3.36. The van der Waals surface area contributed by atoms with Gasteiger partial charge in [-0.25, -0.2) is 13.1 Å². The average Bonchev–Trinajstić information content (AvgIpc) is 3.55. The van der Waals surface area contributed by atoms with Gasteiger partial charge in [0, 0.05) is 35.6 Å². The third-order valence-corrected chi connectivity index (χ3v) is 6.89. The van der Waals surface area contributed by atoms with E-state index in [1.807, 2.05) is 12.1 Å². The minimum atomic E-state index is -3.70. The van der Waals surface area contributed by atoms with Crippen LogP contribution >= 0.6 is 11.6 Å². The summed E-state index contributed by atoms with van der Waals surface area (Å²) in [5.74, 6) is 0.0685. The molecule has 2 unspecified atom stereocenters. The lowest BCUT2D eigenvalue weighted by Gasteiger charge is -2.09. The Labute approximate surface area is 180 Å². The molecule has 6 nitrogen and oxygen atoms in total. The molecule has 8 heteroatoms. The summed E-state index contributed by atoms with van der Waals surface area (Å²) in [5.41, 5.74) is 2.36. The zero-order valence-electron chi connectivity index (χ0n) is 16.0. The SMILES string of the molecule is O=C(Nc1ccc(S(=O)(=O)NCc2ccccc2Cl)cc1)C1CC1c1ccncc1. The first kappa shape index (κ1) is 20.5. The predicted molar refractivity (Wildman–Crippen MR) is 116 cm³/mol. The molecule has 1 amide bonds. The van der Waals surface area contributed by atoms with Crippen molar-refractivity contribution in [2.24, 2.45) is 5.92 Å². The maximum Gasteiger partial charge on any atom is 0.240 e. The lowest BCUT2D eigenvalue weighted by atomic mass is 10.1. The Hall–Kier alpha value is -2.74. The molecule has 1 heterocycles. The van der Waals surface area contributed by atoms with Crippen molar-refractivity contribution in [3.63, 3.8) is 0 Å². The Morgan fingerprint density at radius 3 is 2.43 bits per heavy atom. The van der Waals surface area contributed by atoms with Gasteiger partial charge in [-0.1, -0.05) is 29.8 Å². The fourth-order valence-electron chi connectivity index (χ4n) is 3.31. The van der Waals surface area contributed by atoms with Crippen molar-refractivity contribution in [1.82, 2.24) is 9.71 Å². The molecule has 2 atom stereocenters. The molecule has 0 bridgehead atoms. The molecule has 3 aromatic rings. The summed E-state index contributed by atoms with van der Waals surface area (Å²) in [6.07, 6.45) is 4.25. The van der Waals surface area contributed by atoms with Crippen LogP contribution in [-0.4, -0.2) is 19.3 Å². The van der Waals surface area contributed by atoms with Crippen LogP contribution < -0.4 is 10.0 Å². The number of aromatic nitrogens is 1. The first-order chi connectivity index (χ1) is 14.4. The van der Waals surface area contributed by atoms with E-state index in [4.69, 9.17) is 11.6 Å². The topological polar surface area (TPSA) is 88.2 Å². The third-order valence-electron chi connectivity index (χ3n) is 5.10. The molecule has 1 aliphatic rings. The van der Waals surface area contributed by atoms with Gasteiger partial charge >= 0.3 is 0 Å². The Kier molecular flexibility index (Phi) is 5.85. The molecular formula is C22H20ClN3O3S. The molecular weight excluding hydrogens is 422 g/mol. The summed E-state index contributed by atoms with van der Waals surface area (Å²) in [6, 6.07) is 17.0. The molecule has 0 spiro atoms. The number of nitrogens with one attached hydrogen (secondary N) is 2. The molecule has 0 radical (unpaired) electrons. The molecule has 30 heavy (non-hydrogen) atoms. The summed E-state index contributed by atoms with van der Waals surface area (Å²) >= 11 is 6.07. The number of pyridine rings is 1. The van der Waals surface area contributed by atoms with Gasteiger partial charge in [0.15, 0.2) is 0 Å². The van der Waals surface area contributed by atoms with Crippen LogP contribution in [0.4, 0.5) is 5.69 Å². The standard InChI is InChI=1S/C22H20ClN3O3S/c23-21-4-2-1-3-16(21)14-25-30(28,29)18-7-5-17(6-8-18)26-22(27)20-13-19(20)15-9-11-24-12-10-15/h1-12,19-20,25H,13-14H2,(H,26,27). The number of carbonyl (C=O) groups is 1. The van der Waals surface area contributed by atoms with Crippen molar-refractivity contribution in [3.8, 4) is 0 Å². The lowest BCUT2D eigenvalue weighted by molar-refractivity contribution is -0.117. The van der Waals surface area contributed by atoms with Gasteiger partial charge in [-0.05, 0) is 65.9 Å². The fraction of sp³-hybridized carbons (Fsp3) is 0.182. The average molecular weight is 442 g/mol. The van der Waals surface area contributed by atoms with Crippen LogP contribution in [0, 0.1) is 5.92 Å². The Balaban J connectivity index is 1.35. The van der Waals surface area contributed by atoms with Crippen LogP contribution in [0.25, 0.3) is 0 Å². The lowest BCUT2D eigenvalue weighted by Crippen LogP contribution is -2.23. The summed E-state index contributed by atoms with van der Waals surface area (Å²) in [4.78, 5) is 16.6. The van der Waals surface area contributed by atoms with E-state index >= 15 is 0 Å². The van der Waals surface area contributed by atoms with E-state index in [2.05, 4.69) is 15.0 Å². The number of carbonyl (C=O) groups excluding carboxylic acids is 1. The van der Waals surface area contributed by atoms with Gasteiger partial charge in [0.1, 0.15) is 0 Å². The van der Waals surface area contributed by atoms with Crippen molar-refractivity contribution < 1.29 is 13.2 Å². The highest BCUT2D eigenvalue weighted by atomic mass is 35.5. The van der Waals surface area contributed by atoms with Crippen LogP contribution in [-0.2, 0) is 21.4 Å². The molecule has 4 rings (SSSR count). The molecule has 1 aromatic heterocycles. The molecule has 0 saturated heterocycles. The van der Waals surface area contributed by atoms with E-state index in [9.17, 15) is 13.2 Å². The number of hydrogen-bond donors (Lipinski definition) is 2. The predicted octanol–water partition coefficient (Wildman–Crippen LogP) is 3.96. The second kappa shape index (κ2) is 8.55.